The van der Waals surface area contributed by atoms with Crippen molar-refractivity contribution in [2.45, 2.75) is 11.8 Å². The number of hydrogen-bond donors (Lipinski definition) is 3. The average molecular weight is 481 g/mol. The Balaban J connectivity index is 1.79. The maximum atomic E-state index is 12.5. The molecule has 3 aromatic carbocycles. The summed E-state index contributed by atoms with van der Waals surface area (Å²) >= 11 is 0. The van der Waals surface area contributed by atoms with Crippen molar-refractivity contribution in [2.75, 3.05) is 13.2 Å². The summed E-state index contributed by atoms with van der Waals surface area (Å²) in [6.45, 7) is 1.61. The van der Waals surface area contributed by atoms with E-state index < -0.39 is 21.9 Å². The van der Waals surface area contributed by atoms with E-state index in [1.807, 2.05) is 6.92 Å². The first-order chi connectivity index (χ1) is 16.3. The van der Waals surface area contributed by atoms with E-state index in [2.05, 4.69) is 10.6 Å². The zero-order valence-electron chi connectivity index (χ0n) is 18.4. The first-order valence-corrected chi connectivity index (χ1v) is 11.8. The molecule has 0 saturated heterocycles. The van der Waals surface area contributed by atoms with Crippen LogP contribution in [0.3, 0.4) is 0 Å². The van der Waals surface area contributed by atoms with Gasteiger partial charge in [0.05, 0.1) is 6.61 Å². The van der Waals surface area contributed by atoms with Crippen molar-refractivity contribution in [3.05, 3.63) is 101 Å². The lowest BCUT2D eigenvalue weighted by atomic mass is 10.1. The largest absolute Gasteiger partial charge is 0.395 e. The molecule has 0 aliphatic carbocycles. The first kappa shape index (κ1) is 24.7. The van der Waals surface area contributed by atoms with Crippen LogP contribution in [-0.2, 0) is 14.9 Å². The normalized spacial score (nSPS) is 11.5. The fourth-order valence-electron chi connectivity index (χ4n) is 2.87. The van der Waals surface area contributed by atoms with Gasteiger partial charge in [0.15, 0.2) is 0 Å². The molecule has 0 saturated carbocycles. The van der Waals surface area contributed by atoms with E-state index in [1.54, 1.807) is 54.6 Å². The zero-order valence-corrected chi connectivity index (χ0v) is 19.2. The molecule has 0 aromatic heterocycles. The fraction of sp³-hybridized carbons (Fsp3) is 0.120. The minimum Gasteiger partial charge on any atom is -0.395 e. The predicted molar refractivity (Wildman–Crippen MR) is 127 cm³/mol. The molecular formula is C25H24N2O6S. The molecule has 3 aromatic rings. The van der Waals surface area contributed by atoms with Crippen LogP contribution < -0.4 is 14.8 Å². The van der Waals surface area contributed by atoms with Gasteiger partial charge in [-0.3, -0.25) is 9.59 Å². The van der Waals surface area contributed by atoms with Gasteiger partial charge in [0.1, 0.15) is 16.3 Å². The highest BCUT2D eigenvalue weighted by Gasteiger charge is 2.17. The fourth-order valence-corrected chi connectivity index (χ4v) is 3.80. The highest BCUT2D eigenvalue weighted by Crippen LogP contribution is 2.20. The van der Waals surface area contributed by atoms with Crippen molar-refractivity contribution in [3.63, 3.8) is 0 Å². The molecule has 0 bridgehead atoms. The Labute approximate surface area is 198 Å². The number of carbonyl (C=O) groups is 2. The number of carbonyl (C=O) groups excluding carboxylic acids is 2. The van der Waals surface area contributed by atoms with Gasteiger partial charge in [0.2, 0.25) is 0 Å². The summed E-state index contributed by atoms with van der Waals surface area (Å²) in [6, 6.07) is 20.7. The Morgan fingerprint density at radius 2 is 1.59 bits per heavy atom. The molecule has 0 aliphatic rings. The van der Waals surface area contributed by atoms with Crippen molar-refractivity contribution in [3.8, 4) is 5.75 Å². The van der Waals surface area contributed by atoms with Crippen LogP contribution in [-0.4, -0.2) is 38.5 Å². The van der Waals surface area contributed by atoms with E-state index in [9.17, 15) is 18.0 Å². The Hall–Kier alpha value is -3.95. The van der Waals surface area contributed by atoms with Gasteiger partial charge in [0, 0.05) is 12.1 Å². The quantitative estimate of drug-likeness (QED) is 0.320. The van der Waals surface area contributed by atoms with Crippen LogP contribution in [0.5, 0.6) is 5.75 Å². The molecule has 2 amide bonds. The summed E-state index contributed by atoms with van der Waals surface area (Å²) in [5.74, 6) is -0.965. The molecule has 34 heavy (non-hydrogen) atoms. The summed E-state index contributed by atoms with van der Waals surface area (Å²) in [5.41, 5.74) is 1.77. The molecule has 0 fully saturated rings. The van der Waals surface area contributed by atoms with E-state index in [1.165, 1.54) is 30.3 Å². The van der Waals surface area contributed by atoms with Crippen LogP contribution in [0, 0.1) is 6.92 Å². The molecule has 8 nitrogen and oxygen atoms in total. The molecule has 176 valence electrons. The summed E-state index contributed by atoms with van der Waals surface area (Å²) in [6.07, 6.45) is 1.44. The Kier molecular flexibility index (Phi) is 8.18. The van der Waals surface area contributed by atoms with E-state index >= 15 is 0 Å². The molecule has 0 aliphatic heterocycles. The molecule has 0 unspecified atom stereocenters. The summed E-state index contributed by atoms with van der Waals surface area (Å²) in [7, 11) is -4.00. The van der Waals surface area contributed by atoms with Crippen LogP contribution in [0.4, 0.5) is 0 Å². The van der Waals surface area contributed by atoms with Gasteiger partial charge in [-0.2, -0.15) is 8.42 Å². The monoisotopic (exact) mass is 480 g/mol. The third kappa shape index (κ3) is 6.77. The predicted octanol–water partition coefficient (Wildman–Crippen LogP) is 2.64. The first-order valence-electron chi connectivity index (χ1n) is 10.4. The lowest BCUT2D eigenvalue weighted by Gasteiger charge is -2.11. The van der Waals surface area contributed by atoms with Gasteiger partial charge in [-0.1, -0.05) is 48.0 Å². The minimum absolute atomic E-state index is 0.0149. The number of amides is 2. The van der Waals surface area contributed by atoms with Gasteiger partial charge < -0.3 is 19.9 Å². The summed E-state index contributed by atoms with van der Waals surface area (Å²) in [5, 5.41) is 14.1. The second kappa shape index (κ2) is 11.3. The van der Waals surface area contributed by atoms with Crippen molar-refractivity contribution >= 4 is 28.0 Å². The van der Waals surface area contributed by atoms with Crippen molar-refractivity contribution < 1.29 is 27.3 Å². The van der Waals surface area contributed by atoms with Crippen LogP contribution >= 0.6 is 0 Å². The molecule has 0 radical (unpaired) electrons. The highest BCUT2D eigenvalue weighted by molar-refractivity contribution is 7.87. The molecule has 9 heteroatoms. The average Bonchev–Trinajstić information content (AvgIpc) is 2.84. The summed E-state index contributed by atoms with van der Waals surface area (Å²) < 4.78 is 30.1. The van der Waals surface area contributed by atoms with Gasteiger partial charge in [-0.15, -0.1) is 0 Å². The van der Waals surface area contributed by atoms with E-state index in [0.717, 1.165) is 5.56 Å². The minimum atomic E-state index is -4.00. The molecule has 0 atom stereocenters. The van der Waals surface area contributed by atoms with Gasteiger partial charge >= 0.3 is 10.1 Å². The molecule has 3 rings (SSSR count). The highest BCUT2D eigenvalue weighted by atomic mass is 32.2. The Morgan fingerprint density at radius 3 is 2.21 bits per heavy atom. The number of aliphatic hydroxyl groups excluding tert-OH is 1. The van der Waals surface area contributed by atoms with E-state index in [4.69, 9.17) is 9.29 Å². The Bertz CT molecular complexity index is 1270. The van der Waals surface area contributed by atoms with Gasteiger partial charge in [-0.25, -0.2) is 0 Å². The number of aryl methyl sites for hydroxylation is 1. The Morgan fingerprint density at radius 1 is 0.941 bits per heavy atom. The lowest BCUT2D eigenvalue weighted by Crippen LogP contribution is -2.36. The van der Waals surface area contributed by atoms with Gasteiger partial charge in [-0.05, 0) is 55.0 Å². The van der Waals surface area contributed by atoms with Crippen LogP contribution in [0.2, 0.25) is 0 Å². The maximum absolute atomic E-state index is 12.5. The lowest BCUT2D eigenvalue weighted by molar-refractivity contribution is -0.117. The second-order valence-corrected chi connectivity index (χ2v) is 8.82. The SMILES string of the molecule is Cc1ccc(S(=O)(=O)Oc2ccc(/C=C(\NC(=O)c3ccccc3)C(=O)NCCO)cc2)cc1. The topological polar surface area (TPSA) is 122 Å². The molecule has 0 heterocycles. The number of hydrogen-bond acceptors (Lipinski definition) is 6. The zero-order chi connectivity index (χ0) is 24.6. The van der Waals surface area contributed by atoms with Crippen LogP contribution in [0.1, 0.15) is 21.5 Å². The number of nitrogens with one attached hydrogen (secondary N) is 2. The van der Waals surface area contributed by atoms with Crippen molar-refractivity contribution in [2.24, 2.45) is 0 Å². The molecule has 3 N–H and O–H groups in total. The van der Waals surface area contributed by atoms with Crippen molar-refractivity contribution in [1.82, 2.24) is 10.6 Å². The number of rotatable bonds is 9. The second-order valence-electron chi connectivity index (χ2n) is 7.28. The molecule has 0 spiro atoms. The standard InChI is InChI=1S/C25H24N2O6S/c1-18-7-13-22(14-8-18)34(31,32)33-21-11-9-19(10-12-21)17-23(25(30)26-15-16-28)27-24(29)20-5-3-2-4-6-20/h2-14,17,28H,15-16H2,1H3,(H,26,30)(H,27,29)/b23-17-. The van der Waals surface area contributed by atoms with Crippen LogP contribution in [0.25, 0.3) is 6.08 Å². The van der Waals surface area contributed by atoms with E-state index in [0.29, 0.717) is 11.1 Å². The third-order valence-corrected chi connectivity index (χ3v) is 5.89. The summed E-state index contributed by atoms with van der Waals surface area (Å²) in [4.78, 5) is 25.1. The van der Waals surface area contributed by atoms with Gasteiger partial charge in [0.25, 0.3) is 11.8 Å². The van der Waals surface area contributed by atoms with Crippen molar-refractivity contribution in [1.29, 1.82) is 0 Å². The number of aliphatic hydroxyl groups is 1. The number of benzene rings is 3. The third-order valence-electron chi connectivity index (χ3n) is 4.63. The smallest absolute Gasteiger partial charge is 0.339 e. The van der Waals surface area contributed by atoms with E-state index in [-0.39, 0.29) is 29.5 Å². The maximum Gasteiger partial charge on any atom is 0.339 e. The molecular weight excluding hydrogens is 456 g/mol. The van der Waals surface area contributed by atoms with Crippen LogP contribution in [0.15, 0.2) is 89.5 Å².